The molecule has 78 valence electrons. The van der Waals surface area contributed by atoms with E-state index in [0.717, 1.165) is 24.5 Å². The van der Waals surface area contributed by atoms with Crippen molar-refractivity contribution in [2.24, 2.45) is 11.0 Å². The van der Waals surface area contributed by atoms with Crippen LogP contribution in [-0.2, 0) is 4.79 Å². The fourth-order valence-electron chi connectivity index (χ4n) is 2.66. The molecule has 1 heterocycles. The normalized spacial score (nSPS) is 35.6. The van der Waals surface area contributed by atoms with Gasteiger partial charge in [0.15, 0.2) is 0 Å². The van der Waals surface area contributed by atoms with Gasteiger partial charge in [-0.05, 0) is 38.8 Å². The second kappa shape index (κ2) is 4.09. The quantitative estimate of drug-likeness (QED) is 0.518. The monoisotopic (exact) mass is 195 g/mol. The highest BCUT2D eigenvalue weighted by atomic mass is 16.1. The van der Waals surface area contributed by atoms with E-state index < -0.39 is 0 Å². The second-order valence-electron chi connectivity index (χ2n) is 4.26. The number of hydrogen-bond acceptors (Lipinski definition) is 3. The van der Waals surface area contributed by atoms with E-state index in [1.165, 1.54) is 19.4 Å². The standard InChI is InChI=1S/C10H17N3O/c1-13-5-4-8-2-3-9(6-10(8)13)12-11-7-14/h7-8,10H,2-6H2,1H3,(H,11,14)/b12-9+. The van der Waals surface area contributed by atoms with E-state index in [-0.39, 0.29) is 0 Å². The van der Waals surface area contributed by atoms with E-state index in [0.29, 0.717) is 12.5 Å². The van der Waals surface area contributed by atoms with Crippen LogP contribution < -0.4 is 5.43 Å². The van der Waals surface area contributed by atoms with Crippen LogP contribution in [0.2, 0.25) is 0 Å². The molecule has 4 nitrogen and oxygen atoms in total. The van der Waals surface area contributed by atoms with Crippen LogP contribution in [0.5, 0.6) is 0 Å². The maximum atomic E-state index is 10.1. The summed E-state index contributed by atoms with van der Waals surface area (Å²) in [7, 11) is 2.18. The van der Waals surface area contributed by atoms with Crippen LogP contribution in [0, 0.1) is 5.92 Å². The van der Waals surface area contributed by atoms with Crippen molar-refractivity contribution >= 4 is 12.1 Å². The molecule has 0 aromatic rings. The number of likely N-dealkylation sites (tertiary alicyclic amines) is 1. The fraction of sp³-hybridized carbons (Fsp3) is 0.800. The lowest BCUT2D eigenvalue weighted by Gasteiger charge is -2.30. The molecule has 0 aromatic carbocycles. The number of fused-ring (bicyclic) bond motifs is 1. The predicted molar refractivity (Wildman–Crippen MR) is 55.0 cm³/mol. The van der Waals surface area contributed by atoms with Crippen molar-refractivity contribution in [1.29, 1.82) is 0 Å². The molecule has 1 amide bonds. The van der Waals surface area contributed by atoms with Gasteiger partial charge in [-0.1, -0.05) is 0 Å². The Labute approximate surface area is 84.3 Å². The van der Waals surface area contributed by atoms with E-state index in [2.05, 4.69) is 22.5 Å². The van der Waals surface area contributed by atoms with Crippen molar-refractivity contribution in [2.75, 3.05) is 13.6 Å². The molecule has 1 saturated carbocycles. The average Bonchev–Trinajstić information content (AvgIpc) is 2.57. The molecular weight excluding hydrogens is 178 g/mol. The summed E-state index contributed by atoms with van der Waals surface area (Å²) < 4.78 is 0. The van der Waals surface area contributed by atoms with Crippen molar-refractivity contribution in [3.8, 4) is 0 Å². The summed E-state index contributed by atoms with van der Waals surface area (Å²) in [4.78, 5) is 12.5. The number of hydrazone groups is 1. The van der Waals surface area contributed by atoms with Crippen molar-refractivity contribution in [3.05, 3.63) is 0 Å². The van der Waals surface area contributed by atoms with Gasteiger partial charge in [0.05, 0.1) is 0 Å². The topological polar surface area (TPSA) is 44.7 Å². The summed E-state index contributed by atoms with van der Waals surface area (Å²) in [6.45, 7) is 1.21. The summed E-state index contributed by atoms with van der Waals surface area (Å²) in [6.07, 6.45) is 5.28. The van der Waals surface area contributed by atoms with Crippen molar-refractivity contribution in [2.45, 2.75) is 31.7 Å². The highest BCUT2D eigenvalue weighted by molar-refractivity contribution is 5.86. The molecule has 1 N–H and O–H groups in total. The lowest BCUT2D eigenvalue weighted by atomic mass is 9.84. The van der Waals surface area contributed by atoms with Crippen molar-refractivity contribution in [3.63, 3.8) is 0 Å². The van der Waals surface area contributed by atoms with E-state index in [1.54, 1.807) is 0 Å². The maximum absolute atomic E-state index is 10.1. The first kappa shape index (κ1) is 9.65. The first-order valence-electron chi connectivity index (χ1n) is 5.26. The Morgan fingerprint density at radius 1 is 1.57 bits per heavy atom. The van der Waals surface area contributed by atoms with Gasteiger partial charge in [-0.25, -0.2) is 5.43 Å². The Hall–Kier alpha value is -0.900. The molecule has 2 fully saturated rings. The number of rotatable bonds is 2. The number of nitrogens with one attached hydrogen (secondary N) is 1. The Balaban J connectivity index is 1.98. The van der Waals surface area contributed by atoms with Gasteiger partial charge in [0.25, 0.3) is 0 Å². The van der Waals surface area contributed by atoms with Crippen LogP contribution in [0.25, 0.3) is 0 Å². The molecule has 4 heteroatoms. The summed E-state index contributed by atoms with van der Waals surface area (Å²) in [6, 6.07) is 0.663. The fourth-order valence-corrected chi connectivity index (χ4v) is 2.66. The average molecular weight is 195 g/mol. The SMILES string of the molecule is CN1CCC2CC/C(=N\NC=O)CC21. The van der Waals surface area contributed by atoms with E-state index in [1.807, 2.05) is 0 Å². The Kier molecular flexibility index (Phi) is 2.82. The lowest BCUT2D eigenvalue weighted by molar-refractivity contribution is -0.109. The minimum Gasteiger partial charge on any atom is -0.303 e. The van der Waals surface area contributed by atoms with Gasteiger partial charge in [-0.15, -0.1) is 0 Å². The van der Waals surface area contributed by atoms with Gasteiger partial charge < -0.3 is 4.90 Å². The molecule has 2 unspecified atom stereocenters. The minimum absolute atomic E-state index is 0.636. The maximum Gasteiger partial charge on any atom is 0.227 e. The highest BCUT2D eigenvalue weighted by Gasteiger charge is 2.35. The molecule has 0 radical (unpaired) electrons. The number of amides is 1. The zero-order valence-electron chi connectivity index (χ0n) is 8.57. The van der Waals surface area contributed by atoms with Crippen LogP contribution in [0.4, 0.5) is 0 Å². The minimum atomic E-state index is 0.636. The molecule has 14 heavy (non-hydrogen) atoms. The van der Waals surface area contributed by atoms with E-state index in [4.69, 9.17) is 0 Å². The zero-order chi connectivity index (χ0) is 9.97. The third-order valence-electron chi connectivity index (χ3n) is 3.49. The van der Waals surface area contributed by atoms with E-state index in [9.17, 15) is 4.79 Å². The number of nitrogens with zero attached hydrogens (tertiary/aromatic N) is 2. The first-order valence-corrected chi connectivity index (χ1v) is 5.26. The third kappa shape index (κ3) is 1.80. The third-order valence-corrected chi connectivity index (χ3v) is 3.49. The van der Waals surface area contributed by atoms with Crippen LogP contribution in [0.1, 0.15) is 25.7 Å². The number of hydrogen-bond donors (Lipinski definition) is 1. The molecule has 2 aliphatic rings. The van der Waals surface area contributed by atoms with Gasteiger partial charge >= 0.3 is 0 Å². The first-order chi connectivity index (χ1) is 6.81. The summed E-state index contributed by atoms with van der Waals surface area (Å²) in [5.74, 6) is 0.857. The predicted octanol–water partition coefficient (Wildman–Crippen LogP) is 0.593. The smallest absolute Gasteiger partial charge is 0.227 e. The number of carbonyl (C=O) groups excluding carboxylic acids is 1. The largest absolute Gasteiger partial charge is 0.303 e. The molecule has 1 aliphatic heterocycles. The van der Waals surface area contributed by atoms with Gasteiger partial charge in [0.2, 0.25) is 6.41 Å². The van der Waals surface area contributed by atoms with Crippen LogP contribution in [0.3, 0.4) is 0 Å². The second-order valence-corrected chi connectivity index (χ2v) is 4.26. The van der Waals surface area contributed by atoms with Gasteiger partial charge in [0.1, 0.15) is 0 Å². The Bertz CT molecular complexity index is 252. The Morgan fingerprint density at radius 3 is 3.21 bits per heavy atom. The molecule has 2 rings (SSSR count). The van der Waals surface area contributed by atoms with Gasteiger partial charge in [-0.3, -0.25) is 4.79 Å². The summed E-state index contributed by atoms with van der Waals surface area (Å²) in [5.41, 5.74) is 3.55. The molecule has 1 aliphatic carbocycles. The van der Waals surface area contributed by atoms with Crippen LogP contribution >= 0.6 is 0 Å². The van der Waals surface area contributed by atoms with Crippen LogP contribution in [-0.4, -0.2) is 36.7 Å². The van der Waals surface area contributed by atoms with Gasteiger partial charge in [-0.2, -0.15) is 5.10 Å². The summed E-state index contributed by atoms with van der Waals surface area (Å²) in [5, 5.41) is 4.07. The summed E-state index contributed by atoms with van der Waals surface area (Å²) >= 11 is 0. The molecular formula is C10H17N3O. The lowest BCUT2D eigenvalue weighted by Crippen LogP contribution is -2.35. The molecule has 0 spiro atoms. The van der Waals surface area contributed by atoms with Crippen molar-refractivity contribution in [1.82, 2.24) is 10.3 Å². The molecule has 1 saturated heterocycles. The molecule has 2 atom stereocenters. The van der Waals surface area contributed by atoms with Crippen molar-refractivity contribution < 1.29 is 4.79 Å². The Morgan fingerprint density at radius 2 is 2.43 bits per heavy atom. The highest BCUT2D eigenvalue weighted by Crippen LogP contribution is 2.33. The van der Waals surface area contributed by atoms with Crippen LogP contribution in [0.15, 0.2) is 5.10 Å². The zero-order valence-corrected chi connectivity index (χ0v) is 8.57. The molecule has 0 aromatic heterocycles. The van der Waals surface area contributed by atoms with Gasteiger partial charge in [0, 0.05) is 18.2 Å². The number of carbonyl (C=O) groups is 1. The molecule has 0 bridgehead atoms. The van der Waals surface area contributed by atoms with E-state index >= 15 is 0 Å².